The Balaban J connectivity index is 1.80. The zero-order chi connectivity index (χ0) is 17.8. The van der Waals surface area contributed by atoms with E-state index in [0.29, 0.717) is 11.3 Å². The largest absolute Gasteiger partial charge is 0.369 e. The number of aliphatic hydroxyl groups excluding tert-OH is 1. The predicted molar refractivity (Wildman–Crippen MR) is 98.8 cm³/mol. The van der Waals surface area contributed by atoms with Gasteiger partial charge in [0.25, 0.3) is 0 Å². The molecule has 2 aliphatic carbocycles. The summed E-state index contributed by atoms with van der Waals surface area (Å²) in [6.45, 7) is 11.5. The second-order valence-electron chi connectivity index (χ2n) is 8.50. The average Bonchev–Trinajstić information content (AvgIpc) is 2.98. The Hall–Kier alpha value is -0.640. The number of hydrogen-bond donors (Lipinski definition) is 1. The highest BCUT2D eigenvalue weighted by Gasteiger charge is 2.32. The van der Waals surface area contributed by atoms with Crippen LogP contribution in [-0.4, -0.2) is 29.7 Å². The Labute approximate surface area is 148 Å². The number of rotatable bonds is 8. The highest BCUT2D eigenvalue weighted by atomic mass is 16.6. The summed E-state index contributed by atoms with van der Waals surface area (Å²) in [5.74, 6) is 0.525. The molecule has 0 aromatic rings. The zero-order valence-corrected chi connectivity index (χ0v) is 16.2. The van der Waals surface area contributed by atoms with Crippen molar-refractivity contribution in [2.24, 2.45) is 11.3 Å². The fourth-order valence-corrected chi connectivity index (χ4v) is 3.72. The van der Waals surface area contributed by atoms with Crippen LogP contribution >= 0.6 is 0 Å². The monoisotopic (exact) mass is 336 g/mol. The quantitative estimate of drug-likeness (QED) is 0.634. The summed E-state index contributed by atoms with van der Waals surface area (Å²) in [5.41, 5.74) is 1.56. The van der Waals surface area contributed by atoms with E-state index in [2.05, 4.69) is 52.8 Å². The van der Waals surface area contributed by atoms with Crippen LogP contribution in [0.3, 0.4) is 0 Å². The molecule has 1 saturated carbocycles. The molecule has 0 bridgehead atoms. The Kier molecular flexibility index (Phi) is 6.69. The first-order valence-corrected chi connectivity index (χ1v) is 9.60. The third kappa shape index (κ3) is 5.18. The SMILES string of the molecule is CCC(C)(C)C(C)C1=CC=CC(OCC(O)OC2(C)CCCC2)C1. The summed E-state index contributed by atoms with van der Waals surface area (Å²) >= 11 is 0. The Morgan fingerprint density at radius 2 is 2.00 bits per heavy atom. The molecule has 3 unspecified atom stereocenters. The lowest BCUT2D eigenvalue weighted by Crippen LogP contribution is -2.34. The summed E-state index contributed by atoms with van der Waals surface area (Å²) in [4.78, 5) is 0. The minimum absolute atomic E-state index is 0.0368. The molecule has 1 N–H and O–H groups in total. The van der Waals surface area contributed by atoms with E-state index in [0.717, 1.165) is 25.7 Å². The predicted octanol–water partition coefficient (Wildman–Crippen LogP) is 5.00. The summed E-state index contributed by atoms with van der Waals surface area (Å²) in [5, 5.41) is 10.2. The van der Waals surface area contributed by atoms with Crippen molar-refractivity contribution in [3.05, 3.63) is 23.8 Å². The topological polar surface area (TPSA) is 38.7 Å². The smallest absolute Gasteiger partial charge is 0.178 e. The van der Waals surface area contributed by atoms with Crippen molar-refractivity contribution in [2.45, 2.75) is 91.1 Å². The average molecular weight is 337 g/mol. The summed E-state index contributed by atoms with van der Waals surface area (Å²) in [7, 11) is 0. The second kappa shape index (κ2) is 8.16. The van der Waals surface area contributed by atoms with Gasteiger partial charge in [0, 0.05) is 0 Å². The molecule has 3 atom stereocenters. The number of ether oxygens (including phenoxy) is 2. The van der Waals surface area contributed by atoms with Crippen LogP contribution in [0.15, 0.2) is 23.8 Å². The van der Waals surface area contributed by atoms with Crippen LogP contribution < -0.4 is 0 Å². The molecule has 3 nitrogen and oxygen atoms in total. The van der Waals surface area contributed by atoms with Gasteiger partial charge in [-0.3, -0.25) is 0 Å². The fraction of sp³-hybridized carbons (Fsp3) is 0.810. The molecule has 0 heterocycles. The van der Waals surface area contributed by atoms with Crippen molar-refractivity contribution in [1.29, 1.82) is 0 Å². The van der Waals surface area contributed by atoms with E-state index >= 15 is 0 Å². The third-order valence-corrected chi connectivity index (χ3v) is 6.25. The van der Waals surface area contributed by atoms with Gasteiger partial charge in [-0.25, -0.2) is 0 Å². The molecule has 2 rings (SSSR count). The molecule has 0 amide bonds. The van der Waals surface area contributed by atoms with Crippen molar-refractivity contribution in [2.75, 3.05) is 6.61 Å². The van der Waals surface area contributed by atoms with Gasteiger partial charge in [0.05, 0.1) is 18.3 Å². The Morgan fingerprint density at radius 1 is 1.33 bits per heavy atom. The first kappa shape index (κ1) is 19.7. The summed E-state index contributed by atoms with van der Waals surface area (Å²) in [6, 6.07) is 0. The van der Waals surface area contributed by atoms with Gasteiger partial charge in [0.1, 0.15) is 0 Å². The highest BCUT2D eigenvalue weighted by molar-refractivity contribution is 5.23. The minimum atomic E-state index is -0.833. The number of allylic oxidation sites excluding steroid dienone is 2. The standard InChI is InChI=1S/C21H36O3/c1-6-20(3,4)16(2)17-10-9-11-18(14-17)23-15-19(22)24-21(5)12-7-8-13-21/h9-11,16,18-19,22H,6-8,12-15H2,1-5H3. The first-order chi connectivity index (χ1) is 11.3. The van der Waals surface area contributed by atoms with E-state index in [9.17, 15) is 5.11 Å². The van der Waals surface area contributed by atoms with Crippen molar-refractivity contribution < 1.29 is 14.6 Å². The maximum atomic E-state index is 10.2. The molecule has 1 fully saturated rings. The molecule has 0 spiro atoms. The van der Waals surface area contributed by atoms with E-state index in [4.69, 9.17) is 9.47 Å². The molecule has 0 aromatic heterocycles. The van der Waals surface area contributed by atoms with E-state index in [1.165, 1.54) is 18.4 Å². The van der Waals surface area contributed by atoms with Crippen molar-refractivity contribution in [1.82, 2.24) is 0 Å². The molecule has 0 saturated heterocycles. The maximum Gasteiger partial charge on any atom is 0.178 e. The molecular formula is C21H36O3. The van der Waals surface area contributed by atoms with E-state index < -0.39 is 6.29 Å². The van der Waals surface area contributed by atoms with Crippen molar-refractivity contribution in [3.8, 4) is 0 Å². The normalized spacial score (nSPS) is 26.2. The molecule has 0 radical (unpaired) electrons. The van der Waals surface area contributed by atoms with E-state index in [1.54, 1.807) is 0 Å². The lowest BCUT2D eigenvalue weighted by atomic mass is 9.72. The molecular weight excluding hydrogens is 300 g/mol. The van der Waals surface area contributed by atoms with Crippen LogP contribution in [0.2, 0.25) is 0 Å². The van der Waals surface area contributed by atoms with Gasteiger partial charge >= 0.3 is 0 Å². The van der Waals surface area contributed by atoms with Crippen molar-refractivity contribution in [3.63, 3.8) is 0 Å². The molecule has 24 heavy (non-hydrogen) atoms. The summed E-state index contributed by atoms with van der Waals surface area (Å²) < 4.78 is 11.8. The molecule has 2 aliphatic rings. The number of aliphatic hydroxyl groups is 1. The maximum absolute atomic E-state index is 10.2. The molecule has 0 aromatic carbocycles. The van der Waals surface area contributed by atoms with E-state index in [-0.39, 0.29) is 18.3 Å². The van der Waals surface area contributed by atoms with E-state index in [1.807, 2.05) is 0 Å². The second-order valence-corrected chi connectivity index (χ2v) is 8.50. The van der Waals surface area contributed by atoms with Crippen LogP contribution in [0.1, 0.15) is 73.1 Å². The van der Waals surface area contributed by atoms with Gasteiger partial charge in [-0.1, -0.05) is 70.8 Å². The van der Waals surface area contributed by atoms with Gasteiger partial charge in [-0.2, -0.15) is 0 Å². The zero-order valence-electron chi connectivity index (χ0n) is 16.2. The molecule has 0 aliphatic heterocycles. The van der Waals surface area contributed by atoms with Crippen molar-refractivity contribution >= 4 is 0 Å². The Bertz CT molecular complexity index is 458. The van der Waals surface area contributed by atoms with Gasteiger partial charge in [0.2, 0.25) is 0 Å². The fourth-order valence-electron chi connectivity index (χ4n) is 3.72. The minimum Gasteiger partial charge on any atom is -0.369 e. The van der Waals surface area contributed by atoms with Crippen LogP contribution in [0, 0.1) is 11.3 Å². The van der Waals surface area contributed by atoms with Crippen LogP contribution in [0.5, 0.6) is 0 Å². The summed E-state index contributed by atoms with van der Waals surface area (Å²) in [6.07, 6.45) is 12.1. The van der Waals surface area contributed by atoms with Gasteiger partial charge in [0.15, 0.2) is 6.29 Å². The van der Waals surface area contributed by atoms with Gasteiger partial charge in [-0.15, -0.1) is 0 Å². The molecule has 3 heteroatoms. The third-order valence-electron chi connectivity index (χ3n) is 6.25. The highest BCUT2D eigenvalue weighted by Crippen LogP contribution is 2.38. The van der Waals surface area contributed by atoms with Gasteiger partial charge < -0.3 is 14.6 Å². The van der Waals surface area contributed by atoms with Crippen LogP contribution in [0.4, 0.5) is 0 Å². The van der Waals surface area contributed by atoms with Crippen LogP contribution in [-0.2, 0) is 9.47 Å². The number of hydrogen-bond acceptors (Lipinski definition) is 3. The first-order valence-electron chi connectivity index (χ1n) is 9.60. The van der Waals surface area contributed by atoms with Gasteiger partial charge in [-0.05, 0) is 37.5 Å². The lowest BCUT2D eigenvalue weighted by molar-refractivity contribution is -0.203. The lowest BCUT2D eigenvalue weighted by Gasteiger charge is -2.35. The Morgan fingerprint density at radius 3 is 2.62 bits per heavy atom. The van der Waals surface area contributed by atoms with Crippen LogP contribution in [0.25, 0.3) is 0 Å². The molecule has 138 valence electrons.